The summed E-state index contributed by atoms with van der Waals surface area (Å²) in [4.78, 5) is 4.11. The van der Waals surface area contributed by atoms with Crippen molar-refractivity contribution in [2.75, 3.05) is 6.54 Å². The first-order valence-corrected chi connectivity index (χ1v) is 5.07. The summed E-state index contributed by atoms with van der Waals surface area (Å²) in [6.07, 6.45) is 1.21. The molecule has 0 bridgehead atoms. The molecule has 76 valence electrons. The molecule has 1 rings (SSSR count). The lowest BCUT2D eigenvalue weighted by Gasteiger charge is -2.16. The number of nitrogens with two attached hydrogens (primary N) is 1. The van der Waals surface area contributed by atoms with E-state index in [9.17, 15) is 0 Å². The summed E-state index contributed by atoms with van der Waals surface area (Å²) < 4.78 is 0. The zero-order chi connectivity index (χ0) is 10.1. The molecule has 0 heterocycles. The fourth-order valence-corrected chi connectivity index (χ4v) is 1.63. The van der Waals surface area contributed by atoms with Crippen LogP contribution in [0.4, 0.5) is 0 Å². The number of aliphatic imine (C=N–C) groups is 1. The molecule has 13 heavy (non-hydrogen) atoms. The first kappa shape index (κ1) is 10.4. The molecule has 1 aliphatic carbocycles. The van der Waals surface area contributed by atoms with Crippen molar-refractivity contribution in [1.29, 1.82) is 0 Å². The van der Waals surface area contributed by atoms with E-state index in [1.165, 1.54) is 6.42 Å². The van der Waals surface area contributed by atoms with Gasteiger partial charge in [0, 0.05) is 12.6 Å². The Morgan fingerprint density at radius 2 is 2.31 bits per heavy atom. The summed E-state index contributed by atoms with van der Waals surface area (Å²) in [6, 6.07) is 0.530. The quantitative estimate of drug-likeness (QED) is 0.512. The second kappa shape index (κ2) is 3.56. The third-order valence-electron chi connectivity index (χ3n) is 3.25. The van der Waals surface area contributed by atoms with Crippen LogP contribution in [0.3, 0.4) is 0 Å². The molecule has 1 aliphatic rings. The van der Waals surface area contributed by atoms with Crippen molar-refractivity contribution in [3.05, 3.63) is 0 Å². The fourth-order valence-electron chi connectivity index (χ4n) is 1.63. The summed E-state index contributed by atoms with van der Waals surface area (Å²) in [5, 5.41) is 3.25. The third-order valence-corrected chi connectivity index (χ3v) is 3.25. The van der Waals surface area contributed by atoms with Crippen molar-refractivity contribution in [2.45, 2.75) is 40.2 Å². The van der Waals surface area contributed by atoms with Crippen LogP contribution in [0.2, 0.25) is 0 Å². The van der Waals surface area contributed by atoms with E-state index in [1.807, 2.05) is 6.92 Å². The van der Waals surface area contributed by atoms with Gasteiger partial charge in [0.2, 0.25) is 0 Å². The monoisotopic (exact) mass is 183 g/mol. The number of nitrogens with one attached hydrogen (secondary N) is 1. The van der Waals surface area contributed by atoms with Crippen molar-refractivity contribution in [2.24, 2.45) is 22.1 Å². The number of guanidine groups is 1. The lowest BCUT2D eigenvalue weighted by Crippen LogP contribution is -2.36. The van der Waals surface area contributed by atoms with Crippen molar-refractivity contribution >= 4 is 5.96 Å². The minimum absolute atomic E-state index is 0.424. The minimum atomic E-state index is 0.424. The van der Waals surface area contributed by atoms with Crippen molar-refractivity contribution in [3.63, 3.8) is 0 Å². The van der Waals surface area contributed by atoms with Gasteiger partial charge in [-0.05, 0) is 24.7 Å². The van der Waals surface area contributed by atoms with Gasteiger partial charge >= 0.3 is 0 Å². The summed E-state index contributed by atoms with van der Waals surface area (Å²) in [5.74, 6) is 1.30. The molecular formula is C10H21N3. The van der Waals surface area contributed by atoms with Gasteiger partial charge in [0.25, 0.3) is 0 Å². The highest BCUT2D eigenvalue weighted by Gasteiger charge is 2.52. The zero-order valence-electron chi connectivity index (χ0n) is 9.09. The van der Waals surface area contributed by atoms with Crippen LogP contribution in [0.15, 0.2) is 4.99 Å². The van der Waals surface area contributed by atoms with E-state index >= 15 is 0 Å². The molecule has 2 unspecified atom stereocenters. The molecule has 0 amide bonds. The fraction of sp³-hybridized carbons (Fsp3) is 0.900. The van der Waals surface area contributed by atoms with Gasteiger partial charge < -0.3 is 11.1 Å². The van der Waals surface area contributed by atoms with E-state index in [1.54, 1.807) is 0 Å². The Labute approximate surface area is 80.8 Å². The number of hydrogen-bond acceptors (Lipinski definition) is 1. The largest absolute Gasteiger partial charge is 0.370 e. The average Bonchev–Trinajstić information content (AvgIpc) is 2.63. The molecule has 3 N–H and O–H groups in total. The molecule has 0 aromatic heterocycles. The Kier molecular flexibility index (Phi) is 2.84. The normalized spacial score (nSPS) is 33.6. The van der Waals surface area contributed by atoms with Crippen LogP contribution in [0.25, 0.3) is 0 Å². The van der Waals surface area contributed by atoms with Crippen LogP contribution in [0, 0.1) is 11.3 Å². The predicted molar refractivity (Wildman–Crippen MR) is 56.6 cm³/mol. The molecule has 0 aromatic rings. The first-order valence-electron chi connectivity index (χ1n) is 5.07. The Hall–Kier alpha value is -0.730. The molecule has 1 saturated carbocycles. The van der Waals surface area contributed by atoms with Crippen LogP contribution in [-0.2, 0) is 0 Å². The van der Waals surface area contributed by atoms with E-state index in [0.717, 1.165) is 6.54 Å². The molecule has 0 radical (unpaired) electrons. The van der Waals surface area contributed by atoms with Crippen molar-refractivity contribution in [3.8, 4) is 0 Å². The highest BCUT2D eigenvalue weighted by atomic mass is 15.1. The standard InChI is InChI=1S/C10H21N3/c1-5-12-9(11)13-8-6-10(8,4)7(2)3/h7-8H,5-6H2,1-4H3,(H3,11,12,13). The van der Waals surface area contributed by atoms with E-state index in [4.69, 9.17) is 5.73 Å². The van der Waals surface area contributed by atoms with Crippen LogP contribution >= 0.6 is 0 Å². The Morgan fingerprint density at radius 1 is 1.69 bits per heavy atom. The lowest BCUT2D eigenvalue weighted by molar-refractivity contribution is 0.375. The topological polar surface area (TPSA) is 50.4 Å². The molecule has 0 aromatic carbocycles. The van der Waals surface area contributed by atoms with E-state index < -0.39 is 0 Å². The lowest BCUT2D eigenvalue weighted by atomic mass is 9.94. The van der Waals surface area contributed by atoms with Crippen LogP contribution in [0.1, 0.15) is 34.1 Å². The van der Waals surface area contributed by atoms with E-state index in [-0.39, 0.29) is 0 Å². The molecule has 2 atom stereocenters. The molecule has 0 saturated heterocycles. The predicted octanol–water partition coefficient (Wildman–Crippen LogP) is 1.35. The molecule has 3 nitrogen and oxygen atoms in total. The number of nitrogens with zero attached hydrogens (tertiary/aromatic N) is 1. The summed E-state index contributed by atoms with van der Waals surface area (Å²) in [7, 11) is 0. The Balaban J connectivity index is 2.40. The van der Waals surface area contributed by atoms with Gasteiger partial charge in [-0.25, -0.2) is 0 Å². The van der Waals surface area contributed by atoms with Gasteiger partial charge in [-0.3, -0.25) is 4.99 Å². The molecule has 3 heteroatoms. The van der Waals surface area contributed by atoms with Gasteiger partial charge in [0.15, 0.2) is 5.96 Å². The van der Waals surface area contributed by atoms with Gasteiger partial charge in [-0.2, -0.15) is 0 Å². The zero-order valence-corrected chi connectivity index (χ0v) is 9.09. The number of rotatable bonds is 3. The molecule has 0 spiro atoms. The van der Waals surface area contributed by atoms with Crippen LogP contribution < -0.4 is 11.1 Å². The highest BCUT2D eigenvalue weighted by Crippen LogP contribution is 2.51. The molecule has 1 fully saturated rings. The Morgan fingerprint density at radius 3 is 2.69 bits per heavy atom. The summed E-state index contributed by atoms with van der Waals surface area (Å²) in [6.45, 7) is 9.56. The average molecular weight is 183 g/mol. The van der Waals surface area contributed by atoms with E-state index in [2.05, 4.69) is 31.1 Å². The smallest absolute Gasteiger partial charge is 0.188 e. The number of hydrogen-bond donors (Lipinski definition) is 2. The van der Waals surface area contributed by atoms with Gasteiger partial charge in [-0.1, -0.05) is 20.8 Å². The molecular weight excluding hydrogens is 162 g/mol. The van der Waals surface area contributed by atoms with Gasteiger partial charge in [-0.15, -0.1) is 0 Å². The van der Waals surface area contributed by atoms with Crippen LogP contribution in [0.5, 0.6) is 0 Å². The SMILES string of the molecule is CCN=C(N)NC1CC1(C)C(C)C. The van der Waals surface area contributed by atoms with Crippen molar-refractivity contribution in [1.82, 2.24) is 5.32 Å². The van der Waals surface area contributed by atoms with Gasteiger partial charge in [0.05, 0.1) is 0 Å². The molecule has 0 aliphatic heterocycles. The van der Waals surface area contributed by atoms with Crippen molar-refractivity contribution < 1.29 is 0 Å². The summed E-state index contributed by atoms with van der Waals surface area (Å²) >= 11 is 0. The maximum absolute atomic E-state index is 5.69. The highest BCUT2D eigenvalue weighted by molar-refractivity contribution is 5.78. The Bertz CT molecular complexity index is 210. The van der Waals surface area contributed by atoms with Gasteiger partial charge in [0.1, 0.15) is 0 Å². The second-order valence-corrected chi connectivity index (χ2v) is 4.42. The first-order chi connectivity index (χ1) is 6.00. The minimum Gasteiger partial charge on any atom is -0.370 e. The maximum atomic E-state index is 5.69. The van der Waals surface area contributed by atoms with E-state index in [0.29, 0.717) is 23.3 Å². The van der Waals surface area contributed by atoms with Crippen LogP contribution in [-0.4, -0.2) is 18.5 Å². The second-order valence-electron chi connectivity index (χ2n) is 4.42. The maximum Gasteiger partial charge on any atom is 0.188 e. The third kappa shape index (κ3) is 2.14. The summed E-state index contributed by atoms with van der Waals surface area (Å²) in [5.41, 5.74) is 6.11.